The zero-order valence-electron chi connectivity index (χ0n) is 11.8. The molecule has 1 aromatic heterocycles. The molecule has 0 radical (unpaired) electrons. The summed E-state index contributed by atoms with van der Waals surface area (Å²) in [6.45, 7) is 8.60. The molecule has 4 nitrogen and oxygen atoms in total. The maximum Gasteiger partial charge on any atom is 0.0932 e. The molecule has 104 valence electrons. The van der Waals surface area contributed by atoms with Crippen LogP contribution in [0.3, 0.4) is 0 Å². The zero-order chi connectivity index (χ0) is 13.9. The van der Waals surface area contributed by atoms with Gasteiger partial charge in [-0.3, -0.25) is 4.68 Å². The van der Waals surface area contributed by atoms with E-state index in [1.165, 1.54) is 0 Å². The van der Waals surface area contributed by atoms with Crippen molar-refractivity contribution in [2.24, 2.45) is 0 Å². The van der Waals surface area contributed by atoms with Gasteiger partial charge in [-0.1, -0.05) is 6.92 Å². The number of methoxy groups -OCH3 is 1. The second-order valence-corrected chi connectivity index (χ2v) is 5.58. The number of rotatable bonds is 6. The summed E-state index contributed by atoms with van der Waals surface area (Å²) >= 11 is 3.59. The van der Waals surface area contributed by atoms with Crippen LogP contribution in [0.15, 0.2) is 4.47 Å². The fourth-order valence-corrected chi connectivity index (χ4v) is 2.63. The predicted octanol–water partition coefficient (Wildman–Crippen LogP) is 2.56. The van der Waals surface area contributed by atoms with Crippen molar-refractivity contribution in [3.8, 4) is 0 Å². The van der Waals surface area contributed by atoms with Crippen LogP contribution in [0.25, 0.3) is 0 Å². The van der Waals surface area contributed by atoms with Gasteiger partial charge in [-0.05, 0) is 43.1 Å². The number of hydrogen-bond acceptors (Lipinski definition) is 3. The first-order chi connectivity index (χ1) is 8.37. The van der Waals surface area contributed by atoms with Gasteiger partial charge in [-0.15, -0.1) is 0 Å². The van der Waals surface area contributed by atoms with Crippen molar-refractivity contribution >= 4 is 15.9 Å². The summed E-state index contributed by atoms with van der Waals surface area (Å²) < 4.78 is 8.19. The van der Waals surface area contributed by atoms with Crippen molar-refractivity contribution in [3.05, 3.63) is 15.9 Å². The molecule has 5 heteroatoms. The highest BCUT2D eigenvalue weighted by Gasteiger charge is 2.31. The molecule has 0 fully saturated rings. The summed E-state index contributed by atoms with van der Waals surface area (Å²) in [7, 11) is 1.61. The maximum atomic E-state index is 10.5. The summed E-state index contributed by atoms with van der Waals surface area (Å²) in [5, 5.41) is 15.0. The molecule has 18 heavy (non-hydrogen) atoms. The van der Waals surface area contributed by atoms with Gasteiger partial charge in [0, 0.05) is 20.1 Å². The Hall–Kier alpha value is -0.390. The lowest BCUT2D eigenvalue weighted by Crippen LogP contribution is -2.41. The van der Waals surface area contributed by atoms with Crippen LogP contribution < -0.4 is 0 Å². The molecule has 1 rings (SSSR count). The Labute approximate surface area is 117 Å². The molecule has 1 heterocycles. The SMILES string of the molecule is CCc1nn(CC)c(CC(C)(O)C(C)OC)c1Br. The van der Waals surface area contributed by atoms with E-state index in [1.54, 1.807) is 14.0 Å². The lowest BCUT2D eigenvalue weighted by atomic mass is 9.94. The first-order valence-electron chi connectivity index (χ1n) is 6.36. The Balaban J connectivity index is 3.06. The topological polar surface area (TPSA) is 47.3 Å². The standard InChI is InChI=1S/C13H23BrN2O2/c1-6-10-12(14)11(16(7-2)15-10)8-13(4,17)9(3)18-5/h9,17H,6-8H2,1-5H3. The third-order valence-electron chi connectivity index (χ3n) is 3.45. The molecule has 0 spiro atoms. The second-order valence-electron chi connectivity index (χ2n) is 4.79. The van der Waals surface area contributed by atoms with Crippen LogP contribution in [0.2, 0.25) is 0 Å². The van der Waals surface area contributed by atoms with Crippen molar-refractivity contribution in [1.82, 2.24) is 9.78 Å². The molecule has 1 aromatic rings. The Morgan fingerprint density at radius 1 is 1.50 bits per heavy atom. The minimum atomic E-state index is -0.908. The monoisotopic (exact) mass is 318 g/mol. The van der Waals surface area contributed by atoms with Gasteiger partial charge in [-0.2, -0.15) is 5.10 Å². The van der Waals surface area contributed by atoms with Gasteiger partial charge in [0.15, 0.2) is 0 Å². The van der Waals surface area contributed by atoms with Crippen molar-refractivity contribution in [3.63, 3.8) is 0 Å². The number of nitrogens with zero attached hydrogens (tertiary/aromatic N) is 2. The summed E-state index contributed by atoms with van der Waals surface area (Å²) in [5.41, 5.74) is 1.16. The van der Waals surface area contributed by atoms with E-state index in [2.05, 4.69) is 34.9 Å². The predicted molar refractivity (Wildman–Crippen MR) is 75.8 cm³/mol. The number of aromatic nitrogens is 2. The van der Waals surface area contributed by atoms with Gasteiger partial charge < -0.3 is 9.84 Å². The number of ether oxygens (including phenoxy) is 1. The Kier molecular flexibility index (Phi) is 5.37. The highest BCUT2D eigenvalue weighted by molar-refractivity contribution is 9.10. The van der Waals surface area contributed by atoms with Crippen LogP contribution in [0, 0.1) is 0 Å². The lowest BCUT2D eigenvalue weighted by molar-refractivity contribution is -0.0726. The lowest BCUT2D eigenvalue weighted by Gasteiger charge is -2.29. The minimum Gasteiger partial charge on any atom is -0.387 e. The van der Waals surface area contributed by atoms with Crippen LogP contribution in [-0.2, 0) is 24.1 Å². The molecule has 0 aliphatic rings. The van der Waals surface area contributed by atoms with Gasteiger partial charge in [0.25, 0.3) is 0 Å². The van der Waals surface area contributed by atoms with E-state index in [-0.39, 0.29) is 6.10 Å². The van der Waals surface area contributed by atoms with Crippen molar-refractivity contribution in [2.45, 2.75) is 58.8 Å². The summed E-state index contributed by atoms with van der Waals surface area (Å²) in [5.74, 6) is 0. The molecule has 0 saturated heterocycles. The Morgan fingerprint density at radius 3 is 2.56 bits per heavy atom. The zero-order valence-corrected chi connectivity index (χ0v) is 13.4. The van der Waals surface area contributed by atoms with Gasteiger partial charge in [-0.25, -0.2) is 0 Å². The quantitative estimate of drug-likeness (QED) is 0.876. The molecule has 2 atom stereocenters. The number of aryl methyl sites for hydroxylation is 2. The molecule has 0 aliphatic carbocycles. The first kappa shape index (κ1) is 15.7. The third-order valence-corrected chi connectivity index (χ3v) is 4.36. The van der Waals surface area contributed by atoms with E-state index in [4.69, 9.17) is 4.74 Å². The molecule has 0 amide bonds. The molecular formula is C13H23BrN2O2. The van der Waals surface area contributed by atoms with E-state index in [9.17, 15) is 5.11 Å². The summed E-state index contributed by atoms with van der Waals surface area (Å²) in [6, 6.07) is 0. The van der Waals surface area contributed by atoms with E-state index in [0.29, 0.717) is 6.42 Å². The molecule has 0 bridgehead atoms. The average molecular weight is 319 g/mol. The van der Waals surface area contributed by atoms with Gasteiger partial charge in [0.1, 0.15) is 0 Å². The van der Waals surface area contributed by atoms with Crippen LogP contribution in [0.4, 0.5) is 0 Å². The number of hydrogen-bond donors (Lipinski definition) is 1. The maximum absolute atomic E-state index is 10.5. The number of halogens is 1. The van der Waals surface area contributed by atoms with Crippen molar-refractivity contribution in [2.75, 3.05) is 7.11 Å². The van der Waals surface area contributed by atoms with E-state index in [0.717, 1.165) is 28.8 Å². The third kappa shape index (κ3) is 3.13. The van der Waals surface area contributed by atoms with Crippen LogP contribution in [0.5, 0.6) is 0 Å². The second kappa shape index (κ2) is 6.17. The smallest absolute Gasteiger partial charge is 0.0932 e. The highest BCUT2D eigenvalue weighted by atomic mass is 79.9. The fourth-order valence-electron chi connectivity index (χ4n) is 1.92. The summed E-state index contributed by atoms with van der Waals surface area (Å²) in [4.78, 5) is 0. The molecule has 1 N–H and O–H groups in total. The Bertz CT molecular complexity index is 402. The van der Waals surface area contributed by atoms with Crippen LogP contribution in [-0.4, -0.2) is 33.7 Å². The van der Waals surface area contributed by atoms with E-state index in [1.807, 2.05) is 11.6 Å². The normalized spacial score (nSPS) is 16.6. The van der Waals surface area contributed by atoms with Crippen LogP contribution >= 0.6 is 15.9 Å². The Morgan fingerprint density at radius 2 is 2.11 bits per heavy atom. The first-order valence-corrected chi connectivity index (χ1v) is 7.15. The van der Waals surface area contributed by atoms with E-state index < -0.39 is 5.60 Å². The van der Waals surface area contributed by atoms with Gasteiger partial charge >= 0.3 is 0 Å². The van der Waals surface area contributed by atoms with E-state index >= 15 is 0 Å². The molecule has 0 aromatic carbocycles. The average Bonchev–Trinajstić information content (AvgIpc) is 2.64. The minimum absolute atomic E-state index is 0.227. The van der Waals surface area contributed by atoms with Crippen LogP contribution in [0.1, 0.15) is 39.1 Å². The molecule has 2 unspecified atom stereocenters. The molecule has 0 saturated carbocycles. The highest BCUT2D eigenvalue weighted by Crippen LogP contribution is 2.27. The van der Waals surface area contributed by atoms with Crippen molar-refractivity contribution in [1.29, 1.82) is 0 Å². The van der Waals surface area contributed by atoms with Gasteiger partial charge in [0.05, 0.1) is 27.6 Å². The number of aliphatic hydroxyl groups is 1. The van der Waals surface area contributed by atoms with Crippen molar-refractivity contribution < 1.29 is 9.84 Å². The largest absolute Gasteiger partial charge is 0.387 e. The molecular weight excluding hydrogens is 296 g/mol. The van der Waals surface area contributed by atoms with Gasteiger partial charge in [0.2, 0.25) is 0 Å². The summed E-state index contributed by atoms with van der Waals surface area (Å²) in [6.07, 6.45) is 1.17. The molecule has 0 aliphatic heterocycles. The fraction of sp³-hybridized carbons (Fsp3) is 0.769.